The van der Waals surface area contributed by atoms with Crippen LogP contribution in [-0.4, -0.2) is 28.6 Å². The van der Waals surface area contributed by atoms with E-state index in [9.17, 15) is 19.8 Å². The van der Waals surface area contributed by atoms with Crippen LogP contribution in [0.4, 0.5) is 11.4 Å². The summed E-state index contributed by atoms with van der Waals surface area (Å²) in [4.78, 5) is 26.7. The van der Waals surface area contributed by atoms with Gasteiger partial charge in [0.25, 0.3) is 5.91 Å². The molecule has 2 aliphatic rings. The van der Waals surface area contributed by atoms with Crippen molar-refractivity contribution in [3.05, 3.63) is 53.0 Å². The van der Waals surface area contributed by atoms with Gasteiger partial charge in [-0.05, 0) is 63.0 Å². The molecular formula is C22H26N2O4. The monoisotopic (exact) mass is 382 g/mol. The highest BCUT2D eigenvalue weighted by Crippen LogP contribution is 2.36. The second-order valence-electron chi connectivity index (χ2n) is 7.26. The van der Waals surface area contributed by atoms with E-state index in [0.29, 0.717) is 24.3 Å². The first-order valence-electron chi connectivity index (χ1n) is 9.56. The van der Waals surface area contributed by atoms with Crippen LogP contribution in [-0.2, 0) is 9.59 Å². The maximum atomic E-state index is 13.1. The Morgan fingerprint density at radius 2 is 2.00 bits per heavy atom. The number of anilines is 2. The van der Waals surface area contributed by atoms with Crippen LogP contribution in [0.15, 0.2) is 47.4 Å². The maximum Gasteiger partial charge on any atom is 0.265 e. The van der Waals surface area contributed by atoms with E-state index in [1.54, 1.807) is 12.1 Å². The number of carbonyl (C=O) groups excluding carboxylic acids is 2. The Bertz CT molecular complexity index is 903. The van der Waals surface area contributed by atoms with Crippen molar-refractivity contribution in [2.75, 3.05) is 16.8 Å². The lowest BCUT2D eigenvalue weighted by atomic mass is 9.98. The van der Waals surface area contributed by atoms with Gasteiger partial charge in [0.05, 0.1) is 5.69 Å². The van der Waals surface area contributed by atoms with Crippen molar-refractivity contribution in [3.8, 4) is 0 Å². The van der Waals surface area contributed by atoms with E-state index in [1.165, 1.54) is 17.9 Å². The van der Waals surface area contributed by atoms with E-state index in [4.69, 9.17) is 0 Å². The molecule has 6 nitrogen and oxygen atoms in total. The summed E-state index contributed by atoms with van der Waals surface area (Å²) in [5.41, 5.74) is 3.10. The molecule has 0 saturated heterocycles. The Morgan fingerprint density at radius 1 is 1.29 bits per heavy atom. The molecule has 1 fully saturated rings. The highest BCUT2D eigenvalue weighted by atomic mass is 16.3. The summed E-state index contributed by atoms with van der Waals surface area (Å²) in [6.45, 7) is 5.51. The van der Waals surface area contributed by atoms with Gasteiger partial charge in [0.1, 0.15) is 17.1 Å². The minimum absolute atomic E-state index is 0.0288. The lowest BCUT2D eigenvalue weighted by molar-refractivity contribution is -0.117. The van der Waals surface area contributed by atoms with Crippen LogP contribution in [0.5, 0.6) is 0 Å². The summed E-state index contributed by atoms with van der Waals surface area (Å²) in [6, 6.07) is 5.42. The first-order valence-corrected chi connectivity index (χ1v) is 9.56. The molecule has 0 unspecified atom stereocenters. The number of rotatable bonds is 5. The Hall–Kier alpha value is -3.02. The van der Waals surface area contributed by atoms with Crippen LogP contribution < -0.4 is 10.2 Å². The number of aliphatic hydroxyl groups is 2. The van der Waals surface area contributed by atoms with Crippen LogP contribution in [0.25, 0.3) is 5.57 Å². The third kappa shape index (κ3) is 3.96. The smallest absolute Gasteiger partial charge is 0.265 e. The van der Waals surface area contributed by atoms with Gasteiger partial charge in [0.2, 0.25) is 5.91 Å². The van der Waals surface area contributed by atoms with Crippen LogP contribution in [0.2, 0.25) is 0 Å². The molecule has 28 heavy (non-hydrogen) atoms. The zero-order valence-corrected chi connectivity index (χ0v) is 16.5. The molecule has 0 spiro atoms. The predicted molar refractivity (Wildman–Crippen MR) is 110 cm³/mol. The molecule has 0 radical (unpaired) electrons. The van der Waals surface area contributed by atoms with E-state index in [1.807, 2.05) is 26.0 Å². The average molecular weight is 382 g/mol. The molecule has 1 heterocycles. The van der Waals surface area contributed by atoms with E-state index < -0.39 is 5.91 Å². The fourth-order valence-corrected chi connectivity index (χ4v) is 3.26. The summed E-state index contributed by atoms with van der Waals surface area (Å²) in [7, 11) is 0. The molecule has 1 aliphatic carbocycles. The van der Waals surface area contributed by atoms with E-state index >= 15 is 0 Å². The molecule has 0 atom stereocenters. The van der Waals surface area contributed by atoms with Crippen LogP contribution >= 0.6 is 0 Å². The zero-order valence-electron chi connectivity index (χ0n) is 16.5. The normalized spacial score (nSPS) is 17.5. The molecule has 148 valence electrons. The average Bonchev–Trinajstić information content (AvgIpc) is 3.47. The third-order valence-corrected chi connectivity index (χ3v) is 4.98. The number of benzene rings is 1. The van der Waals surface area contributed by atoms with Crippen molar-refractivity contribution < 1.29 is 19.8 Å². The Kier molecular flexibility index (Phi) is 5.58. The topological polar surface area (TPSA) is 89.9 Å². The quantitative estimate of drug-likeness (QED) is 0.398. The molecule has 1 aromatic carbocycles. The van der Waals surface area contributed by atoms with Gasteiger partial charge in [-0.2, -0.15) is 0 Å². The minimum Gasteiger partial charge on any atom is -0.512 e. The van der Waals surface area contributed by atoms with Crippen molar-refractivity contribution in [2.24, 2.45) is 5.92 Å². The second-order valence-corrected chi connectivity index (χ2v) is 7.26. The summed E-state index contributed by atoms with van der Waals surface area (Å²) >= 11 is 0. The molecular weight excluding hydrogens is 356 g/mol. The molecule has 3 N–H and O–H groups in total. The lowest BCUT2D eigenvalue weighted by Gasteiger charge is -2.29. The highest BCUT2D eigenvalue weighted by molar-refractivity contribution is 6.10. The molecule has 1 saturated carbocycles. The number of nitrogens with one attached hydrogen (secondary N) is 1. The summed E-state index contributed by atoms with van der Waals surface area (Å²) in [5, 5.41) is 23.1. The molecule has 0 aromatic heterocycles. The molecule has 3 rings (SSSR count). The SMILES string of the molecule is CC/C=C(O)\C(C(=O)N1CC=C(C)c2cc(NC(=O)C3CC3)ccc21)=C(/C)O. The summed E-state index contributed by atoms with van der Waals surface area (Å²) < 4.78 is 0. The van der Waals surface area contributed by atoms with Gasteiger partial charge in [-0.1, -0.05) is 13.0 Å². The zero-order chi connectivity index (χ0) is 20.4. The number of amides is 2. The Labute approximate surface area is 164 Å². The Balaban J connectivity index is 1.93. The van der Waals surface area contributed by atoms with Gasteiger partial charge >= 0.3 is 0 Å². The highest BCUT2D eigenvalue weighted by Gasteiger charge is 2.31. The first-order chi connectivity index (χ1) is 13.3. The van der Waals surface area contributed by atoms with Gasteiger partial charge in [0.15, 0.2) is 0 Å². The molecule has 1 aliphatic heterocycles. The van der Waals surface area contributed by atoms with Crippen molar-refractivity contribution in [3.63, 3.8) is 0 Å². The molecule has 6 heteroatoms. The van der Waals surface area contributed by atoms with Gasteiger partial charge in [-0.3, -0.25) is 9.59 Å². The van der Waals surface area contributed by atoms with Gasteiger partial charge < -0.3 is 20.4 Å². The van der Waals surface area contributed by atoms with Crippen molar-refractivity contribution in [1.29, 1.82) is 0 Å². The fourth-order valence-electron chi connectivity index (χ4n) is 3.26. The third-order valence-electron chi connectivity index (χ3n) is 4.98. The summed E-state index contributed by atoms with van der Waals surface area (Å²) in [5.74, 6) is -0.788. The van der Waals surface area contributed by atoms with Crippen LogP contribution in [0.1, 0.15) is 45.6 Å². The van der Waals surface area contributed by atoms with Crippen molar-refractivity contribution in [1.82, 2.24) is 0 Å². The minimum atomic E-state index is -0.470. The van der Waals surface area contributed by atoms with Gasteiger partial charge in [-0.25, -0.2) is 0 Å². The van der Waals surface area contributed by atoms with E-state index in [-0.39, 0.29) is 28.9 Å². The first kappa shape index (κ1) is 19.7. The lowest BCUT2D eigenvalue weighted by Crippen LogP contribution is -2.35. The van der Waals surface area contributed by atoms with E-state index in [0.717, 1.165) is 24.0 Å². The van der Waals surface area contributed by atoms with Crippen LogP contribution in [0.3, 0.4) is 0 Å². The maximum absolute atomic E-state index is 13.1. The van der Waals surface area contributed by atoms with Crippen LogP contribution in [0, 0.1) is 5.92 Å². The second kappa shape index (κ2) is 7.92. The molecule has 1 aromatic rings. The number of aliphatic hydroxyl groups excluding tert-OH is 2. The number of carbonyl (C=O) groups is 2. The van der Waals surface area contributed by atoms with Crippen molar-refractivity contribution in [2.45, 2.75) is 40.0 Å². The number of allylic oxidation sites excluding steroid dienone is 3. The van der Waals surface area contributed by atoms with E-state index in [2.05, 4.69) is 5.32 Å². The fraction of sp³-hybridized carbons (Fsp3) is 0.364. The Morgan fingerprint density at radius 3 is 2.61 bits per heavy atom. The molecule has 0 bridgehead atoms. The standard InChI is InChI=1S/C22H26N2O4/c1-4-5-19(26)20(14(3)25)22(28)24-11-10-13(2)17-12-16(8-9-18(17)24)23-21(27)15-6-7-15/h5,8-10,12,15,25-26H,4,6-7,11H2,1-3H3,(H,23,27)/b19-5+,20-14-. The van der Waals surface area contributed by atoms with Gasteiger partial charge in [0, 0.05) is 23.7 Å². The number of fused-ring (bicyclic) bond motifs is 1. The predicted octanol–water partition coefficient (Wildman–Crippen LogP) is 4.47. The largest absolute Gasteiger partial charge is 0.512 e. The molecule has 2 amide bonds. The number of hydrogen-bond donors (Lipinski definition) is 3. The van der Waals surface area contributed by atoms with Crippen molar-refractivity contribution >= 4 is 28.8 Å². The number of hydrogen-bond acceptors (Lipinski definition) is 4. The number of nitrogens with zero attached hydrogens (tertiary/aromatic N) is 1. The summed E-state index contributed by atoms with van der Waals surface area (Å²) in [6.07, 6.45) is 5.81. The van der Waals surface area contributed by atoms with Gasteiger partial charge in [-0.15, -0.1) is 0 Å².